The van der Waals surface area contributed by atoms with Crippen LogP contribution in [-0.2, 0) is 19.2 Å². The van der Waals surface area contributed by atoms with Crippen LogP contribution in [0.3, 0.4) is 0 Å². The van der Waals surface area contributed by atoms with Crippen LogP contribution >= 0.6 is 11.8 Å². The third-order valence-electron chi connectivity index (χ3n) is 11.2. The number of nitrogens with one attached hydrogen (secondary N) is 2. The molecule has 0 aromatic carbocycles. The molecule has 238 valence electrons. The van der Waals surface area contributed by atoms with E-state index in [1.54, 1.807) is 13.8 Å². The number of fused-ring (bicyclic) bond motifs is 5. The lowest BCUT2D eigenvalue weighted by molar-refractivity contribution is -0.142. The SMILES string of the molecule is C#C[C@@]1(O)CC[C@@H]2[C@@H]3CCC4=C/C(=N\OCC(=O)N[C@H](C(=O)N[C@H](CCSC)C(=O)O)C(C)C)CC[C@]4(C)[C@@H]3CC[C@@]21C. The number of carbonyl (C=O) groups is 3. The summed E-state index contributed by atoms with van der Waals surface area (Å²) in [7, 11) is 0. The molecule has 4 N–H and O–H groups in total. The van der Waals surface area contributed by atoms with Gasteiger partial charge in [-0.1, -0.05) is 44.3 Å². The van der Waals surface area contributed by atoms with Crippen molar-refractivity contribution in [3.8, 4) is 12.3 Å². The predicted molar refractivity (Wildman–Crippen MR) is 168 cm³/mol. The van der Waals surface area contributed by atoms with E-state index in [1.165, 1.54) is 17.3 Å². The van der Waals surface area contributed by atoms with E-state index in [0.29, 0.717) is 36.3 Å². The molecule has 4 aliphatic carbocycles. The van der Waals surface area contributed by atoms with E-state index in [1.807, 2.05) is 6.26 Å². The summed E-state index contributed by atoms with van der Waals surface area (Å²) < 4.78 is 0. The minimum Gasteiger partial charge on any atom is -0.480 e. The molecule has 0 bridgehead atoms. The van der Waals surface area contributed by atoms with Crippen LogP contribution in [0.1, 0.15) is 85.5 Å². The Balaban J connectivity index is 1.34. The van der Waals surface area contributed by atoms with E-state index in [-0.39, 0.29) is 23.4 Å². The highest BCUT2D eigenvalue weighted by molar-refractivity contribution is 7.98. The van der Waals surface area contributed by atoms with Crippen LogP contribution in [0.15, 0.2) is 16.8 Å². The summed E-state index contributed by atoms with van der Waals surface area (Å²) in [5, 5.41) is 30.2. The highest BCUT2D eigenvalue weighted by Crippen LogP contribution is 2.67. The highest BCUT2D eigenvalue weighted by Gasteiger charge is 2.63. The number of aliphatic hydroxyl groups is 1. The molecular formula is C33H49N3O6S. The molecule has 0 aromatic rings. The summed E-state index contributed by atoms with van der Waals surface area (Å²) in [5.41, 5.74) is 1.09. The number of allylic oxidation sites excluding steroid dienone is 2. The Labute approximate surface area is 260 Å². The summed E-state index contributed by atoms with van der Waals surface area (Å²) in [4.78, 5) is 42.5. The van der Waals surface area contributed by atoms with E-state index in [2.05, 4.69) is 41.6 Å². The van der Waals surface area contributed by atoms with Gasteiger partial charge in [0, 0.05) is 5.41 Å². The second-order valence-corrected chi connectivity index (χ2v) is 14.8. The minimum atomic E-state index is -1.10. The number of carboxylic acid groups (broad SMARTS) is 1. The van der Waals surface area contributed by atoms with Crippen LogP contribution < -0.4 is 10.6 Å². The normalized spacial score (nSPS) is 35.4. The fourth-order valence-electron chi connectivity index (χ4n) is 8.57. The summed E-state index contributed by atoms with van der Waals surface area (Å²) in [5.74, 6) is 2.55. The van der Waals surface area contributed by atoms with Gasteiger partial charge in [0.2, 0.25) is 5.91 Å². The van der Waals surface area contributed by atoms with Gasteiger partial charge in [0.15, 0.2) is 6.61 Å². The topological polar surface area (TPSA) is 137 Å². The number of nitrogens with zero attached hydrogens (tertiary/aromatic N) is 1. The third-order valence-corrected chi connectivity index (χ3v) is 11.9. The van der Waals surface area contributed by atoms with Crippen molar-refractivity contribution in [3.63, 3.8) is 0 Å². The monoisotopic (exact) mass is 615 g/mol. The number of carbonyl (C=O) groups excluding carboxylic acids is 2. The molecule has 0 aliphatic heterocycles. The Morgan fingerprint density at radius 3 is 2.51 bits per heavy atom. The molecule has 0 spiro atoms. The Morgan fingerprint density at radius 2 is 1.86 bits per heavy atom. The minimum absolute atomic E-state index is 0.0823. The maximum absolute atomic E-state index is 12.8. The average molecular weight is 616 g/mol. The molecule has 0 unspecified atom stereocenters. The van der Waals surface area contributed by atoms with Gasteiger partial charge in [0.25, 0.3) is 5.91 Å². The lowest BCUT2D eigenvalue weighted by Crippen LogP contribution is -2.54. The molecule has 43 heavy (non-hydrogen) atoms. The second kappa shape index (κ2) is 13.2. The Bertz CT molecular complexity index is 1200. The first-order valence-electron chi connectivity index (χ1n) is 15.7. The van der Waals surface area contributed by atoms with Crippen LogP contribution in [0.5, 0.6) is 0 Å². The molecule has 4 aliphatic rings. The number of terminal acetylenes is 1. The fraction of sp³-hybridized carbons (Fsp3) is 0.758. The molecule has 3 saturated carbocycles. The zero-order chi connectivity index (χ0) is 31.6. The highest BCUT2D eigenvalue weighted by atomic mass is 32.2. The van der Waals surface area contributed by atoms with Gasteiger partial charge < -0.3 is 25.7 Å². The summed E-state index contributed by atoms with van der Waals surface area (Å²) in [6, 6.07) is -1.90. The Hall–Kier alpha value is -2.51. The van der Waals surface area contributed by atoms with Crippen LogP contribution in [0.25, 0.3) is 0 Å². The number of rotatable bonds is 11. The predicted octanol–water partition coefficient (Wildman–Crippen LogP) is 4.15. The first kappa shape index (κ1) is 33.4. The molecule has 2 amide bonds. The van der Waals surface area contributed by atoms with Crippen molar-refractivity contribution in [2.24, 2.45) is 39.7 Å². The van der Waals surface area contributed by atoms with Crippen LogP contribution in [-0.4, -0.2) is 70.0 Å². The van der Waals surface area contributed by atoms with E-state index in [9.17, 15) is 24.6 Å². The largest absolute Gasteiger partial charge is 0.480 e. The molecule has 0 saturated heterocycles. The van der Waals surface area contributed by atoms with Gasteiger partial charge in [-0.3, -0.25) is 9.59 Å². The van der Waals surface area contributed by atoms with E-state index >= 15 is 0 Å². The number of aliphatic carboxylic acids is 1. The van der Waals surface area contributed by atoms with E-state index in [4.69, 9.17) is 11.3 Å². The molecular weight excluding hydrogens is 566 g/mol. The van der Waals surface area contributed by atoms with Crippen molar-refractivity contribution in [2.45, 2.75) is 103 Å². The van der Waals surface area contributed by atoms with Crippen LogP contribution in [0.4, 0.5) is 0 Å². The molecule has 10 heteroatoms. The van der Waals surface area contributed by atoms with Crippen molar-refractivity contribution in [1.82, 2.24) is 10.6 Å². The maximum Gasteiger partial charge on any atom is 0.326 e. The number of oxime groups is 1. The lowest BCUT2D eigenvalue weighted by Gasteiger charge is -2.58. The van der Waals surface area contributed by atoms with Crippen LogP contribution in [0, 0.1) is 46.8 Å². The molecule has 0 radical (unpaired) electrons. The third kappa shape index (κ3) is 6.49. The molecule has 9 nitrogen and oxygen atoms in total. The van der Waals surface area contributed by atoms with Crippen molar-refractivity contribution >= 4 is 35.3 Å². The van der Waals surface area contributed by atoms with Gasteiger partial charge in [-0.05, 0) is 105 Å². The van der Waals surface area contributed by atoms with Gasteiger partial charge in [0.05, 0.1) is 5.71 Å². The van der Waals surface area contributed by atoms with Crippen molar-refractivity contribution in [2.75, 3.05) is 18.6 Å². The lowest BCUT2D eigenvalue weighted by atomic mass is 9.46. The summed E-state index contributed by atoms with van der Waals surface area (Å²) in [6.45, 7) is 7.84. The van der Waals surface area contributed by atoms with Crippen molar-refractivity contribution < 1.29 is 29.4 Å². The smallest absolute Gasteiger partial charge is 0.326 e. The second-order valence-electron chi connectivity index (χ2n) is 13.8. The molecule has 4 rings (SSSR count). The number of carboxylic acids is 1. The fourth-order valence-corrected chi connectivity index (χ4v) is 9.05. The molecule has 0 heterocycles. The molecule has 8 atom stereocenters. The van der Waals surface area contributed by atoms with Crippen molar-refractivity contribution in [3.05, 3.63) is 11.6 Å². The maximum atomic E-state index is 12.8. The van der Waals surface area contributed by atoms with Crippen molar-refractivity contribution in [1.29, 1.82) is 0 Å². The molecule has 3 fully saturated rings. The summed E-state index contributed by atoms with van der Waals surface area (Å²) >= 11 is 1.50. The Morgan fingerprint density at radius 1 is 1.14 bits per heavy atom. The van der Waals surface area contributed by atoms with Crippen LogP contribution in [0.2, 0.25) is 0 Å². The van der Waals surface area contributed by atoms with E-state index < -0.39 is 35.5 Å². The van der Waals surface area contributed by atoms with Gasteiger partial charge >= 0.3 is 5.97 Å². The summed E-state index contributed by atoms with van der Waals surface area (Å²) in [6.07, 6.45) is 17.6. The first-order valence-corrected chi connectivity index (χ1v) is 17.1. The first-order chi connectivity index (χ1) is 20.3. The number of thioether (sulfide) groups is 1. The van der Waals surface area contributed by atoms with Gasteiger partial charge in [0.1, 0.15) is 17.7 Å². The standard InChI is InChI=1S/C33H49N3O6S/c1-7-33(41)16-12-25-23-9-8-21-18-22(10-14-31(21,4)24(23)11-15-32(25,33)5)36-42-19-27(37)35-28(20(2)3)29(38)34-26(30(39)40)13-17-43-6/h1,18,20,23-26,28,41H,8-17,19H2,2-6H3,(H,34,38)(H,35,37)(H,39,40)/b36-22-/t23-,24-,25-,26-,28+,31+,32+,33-/m1/s1. The number of hydrogen-bond donors (Lipinski definition) is 4. The average Bonchev–Trinajstić information content (AvgIpc) is 3.24. The van der Waals surface area contributed by atoms with Gasteiger partial charge in [-0.2, -0.15) is 11.8 Å². The van der Waals surface area contributed by atoms with Gasteiger partial charge in [-0.25, -0.2) is 4.79 Å². The number of hydrogen-bond acceptors (Lipinski definition) is 7. The quantitative estimate of drug-likeness (QED) is 0.202. The van der Waals surface area contributed by atoms with E-state index in [0.717, 1.165) is 50.7 Å². The molecule has 0 aromatic heterocycles. The Kier molecular flexibility index (Phi) is 10.3. The number of amides is 2. The zero-order valence-corrected chi connectivity index (χ0v) is 27.1. The zero-order valence-electron chi connectivity index (χ0n) is 26.3. The van der Waals surface area contributed by atoms with Gasteiger partial charge in [-0.15, -0.1) is 6.42 Å².